The molecular formula is C23H22O11. The van der Waals surface area contributed by atoms with Crippen molar-refractivity contribution < 1.29 is 49.0 Å². The number of phenols is 2. The van der Waals surface area contributed by atoms with Crippen molar-refractivity contribution in [1.82, 2.24) is 0 Å². The summed E-state index contributed by atoms with van der Waals surface area (Å²) in [6.07, 6.45) is -7.34. The average molecular weight is 474 g/mol. The molecule has 11 heteroatoms. The number of benzene rings is 2. The number of phenolic OH excluding ortho intramolecular Hbond substituents is 2. The van der Waals surface area contributed by atoms with E-state index in [4.69, 9.17) is 18.6 Å². The van der Waals surface area contributed by atoms with Gasteiger partial charge in [-0.3, -0.25) is 9.59 Å². The lowest BCUT2D eigenvalue weighted by atomic mass is 9.99. The molecule has 0 saturated carbocycles. The number of rotatable bonds is 5. The van der Waals surface area contributed by atoms with Gasteiger partial charge >= 0.3 is 5.97 Å². The van der Waals surface area contributed by atoms with E-state index in [-0.39, 0.29) is 28.2 Å². The van der Waals surface area contributed by atoms with Crippen LogP contribution in [0.3, 0.4) is 0 Å². The van der Waals surface area contributed by atoms with Crippen LogP contribution in [-0.2, 0) is 14.3 Å². The molecule has 1 saturated heterocycles. The number of carbonyl (C=O) groups excluding carboxylic acids is 1. The minimum absolute atomic E-state index is 0.0310. The minimum atomic E-state index is -1.63. The van der Waals surface area contributed by atoms with E-state index >= 15 is 0 Å². The Labute approximate surface area is 192 Å². The predicted molar refractivity (Wildman–Crippen MR) is 115 cm³/mol. The predicted octanol–water partition coefficient (Wildman–Crippen LogP) is 0.621. The molecule has 5 N–H and O–H groups in total. The van der Waals surface area contributed by atoms with Gasteiger partial charge in [0.15, 0.2) is 11.5 Å². The molecule has 2 heterocycles. The molecule has 2 aromatic carbocycles. The summed E-state index contributed by atoms with van der Waals surface area (Å²) in [5, 5.41) is 49.7. The number of hydrogen-bond acceptors (Lipinski definition) is 11. The molecule has 1 fully saturated rings. The first-order valence-electron chi connectivity index (χ1n) is 10.2. The van der Waals surface area contributed by atoms with Crippen LogP contribution in [-0.4, -0.2) is 68.8 Å². The Bertz CT molecular complexity index is 1250. The zero-order chi connectivity index (χ0) is 24.6. The van der Waals surface area contributed by atoms with Crippen LogP contribution in [0.5, 0.6) is 17.2 Å². The highest BCUT2D eigenvalue weighted by Crippen LogP contribution is 2.33. The maximum Gasteiger partial charge on any atom is 0.303 e. The normalized spacial score (nSPS) is 24.6. The number of ether oxygens (including phenoxy) is 3. The molecule has 1 aliphatic rings. The molecule has 0 spiro atoms. The lowest BCUT2D eigenvalue weighted by molar-refractivity contribution is -0.281. The number of aliphatic hydroxyl groups excluding tert-OH is 3. The van der Waals surface area contributed by atoms with Crippen LogP contribution in [0.25, 0.3) is 22.3 Å². The largest absolute Gasteiger partial charge is 0.508 e. The van der Waals surface area contributed by atoms with Crippen LogP contribution >= 0.6 is 0 Å². The Morgan fingerprint density at radius 2 is 1.76 bits per heavy atom. The van der Waals surface area contributed by atoms with Crippen molar-refractivity contribution in [2.75, 3.05) is 6.61 Å². The SMILES string of the molecule is CC(=O)OC1[C@H](Oc2cc(O)c3c(=O)cc(-c4ccc(O)cc4)oc3c2)OC(CO)[C@@H](O)[C@@H]1O. The van der Waals surface area contributed by atoms with E-state index in [1.807, 2.05) is 0 Å². The van der Waals surface area contributed by atoms with E-state index in [1.165, 1.54) is 24.3 Å². The summed E-state index contributed by atoms with van der Waals surface area (Å²) in [5.74, 6) is -1.11. The maximum absolute atomic E-state index is 12.6. The van der Waals surface area contributed by atoms with Crippen LogP contribution < -0.4 is 10.2 Å². The van der Waals surface area contributed by atoms with Gasteiger partial charge in [0.1, 0.15) is 52.3 Å². The van der Waals surface area contributed by atoms with Crippen LogP contribution in [0.2, 0.25) is 0 Å². The van der Waals surface area contributed by atoms with Gasteiger partial charge in [-0.25, -0.2) is 0 Å². The van der Waals surface area contributed by atoms with Gasteiger partial charge in [0, 0.05) is 30.7 Å². The monoisotopic (exact) mass is 474 g/mol. The van der Waals surface area contributed by atoms with Gasteiger partial charge in [0.2, 0.25) is 6.29 Å². The Morgan fingerprint density at radius 3 is 2.41 bits per heavy atom. The number of aliphatic hydroxyl groups is 3. The highest BCUT2D eigenvalue weighted by molar-refractivity contribution is 5.86. The first-order chi connectivity index (χ1) is 16.2. The van der Waals surface area contributed by atoms with E-state index < -0.39 is 54.5 Å². The van der Waals surface area contributed by atoms with Crippen molar-refractivity contribution in [3.05, 3.63) is 52.7 Å². The van der Waals surface area contributed by atoms with Crippen LogP contribution in [0.4, 0.5) is 0 Å². The van der Waals surface area contributed by atoms with Gasteiger partial charge in [-0.05, 0) is 24.3 Å². The molecule has 0 bridgehead atoms. The smallest absolute Gasteiger partial charge is 0.303 e. The second kappa shape index (κ2) is 9.31. The van der Waals surface area contributed by atoms with Gasteiger partial charge in [0.25, 0.3) is 0 Å². The number of carbonyl (C=O) groups is 1. The van der Waals surface area contributed by atoms with Crippen molar-refractivity contribution in [3.63, 3.8) is 0 Å². The second-order valence-corrected chi connectivity index (χ2v) is 7.74. The fourth-order valence-electron chi connectivity index (χ4n) is 3.68. The third-order valence-electron chi connectivity index (χ3n) is 5.31. The topological polar surface area (TPSA) is 176 Å². The van der Waals surface area contributed by atoms with E-state index in [0.717, 1.165) is 13.0 Å². The van der Waals surface area contributed by atoms with Gasteiger partial charge in [-0.15, -0.1) is 0 Å². The standard InChI is InChI=1S/C23H22O11/c1-10(25)31-22-21(30)20(29)18(9-24)34-23(22)32-13-6-14(27)19-15(28)8-16(33-17(19)7-13)11-2-4-12(26)5-3-11/h2-8,18,20-24,26-27,29-30H,9H2,1H3/t18?,20-,21+,22?,23-/m1/s1. The molecule has 0 amide bonds. The fraction of sp³-hybridized carbons (Fsp3) is 0.304. The number of esters is 1. The van der Waals surface area contributed by atoms with Gasteiger partial charge in [0.05, 0.1) is 6.61 Å². The molecule has 34 heavy (non-hydrogen) atoms. The lowest BCUT2D eigenvalue weighted by Crippen LogP contribution is -2.61. The highest BCUT2D eigenvalue weighted by Gasteiger charge is 2.47. The van der Waals surface area contributed by atoms with Gasteiger partial charge in [-0.2, -0.15) is 0 Å². The van der Waals surface area contributed by atoms with Crippen molar-refractivity contribution in [2.45, 2.75) is 37.6 Å². The average Bonchev–Trinajstić information content (AvgIpc) is 2.78. The third kappa shape index (κ3) is 4.54. The summed E-state index contributed by atoms with van der Waals surface area (Å²) in [7, 11) is 0. The minimum Gasteiger partial charge on any atom is -0.508 e. The quantitative estimate of drug-likeness (QED) is 0.328. The second-order valence-electron chi connectivity index (χ2n) is 7.74. The highest BCUT2D eigenvalue weighted by atomic mass is 16.7. The van der Waals surface area contributed by atoms with E-state index in [2.05, 4.69) is 0 Å². The van der Waals surface area contributed by atoms with Crippen LogP contribution in [0.15, 0.2) is 51.7 Å². The molecule has 11 nitrogen and oxygen atoms in total. The molecule has 1 aromatic heterocycles. The fourth-order valence-corrected chi connectivity index (χ4v) is 3.68. The molecule has 5 atom stereocenters. The van der Waals surface area contributed by atoms with Gasteiger partial charge in [-0.1, -0.05) is 0 Å². The Balaban J connectivity index is 1.72. The summed E-state index contributed by atoms with van der Waals surface area (Å²) in [4.78, 5) is 24.1. The van der Waals surface area contributed by atoms with Crippen molar-refractivity contribution in [3.8, 4) is 28.6 Å². The molecule has 0 radical (unpaired) electrons. The number of hydrogen-bond donors (Lipinski definition) is 5. The first kappa shape index (κ1) is 23.5. The Hall–Kier alpha value is -3.64. The van der Waals surface area contributed by atoms with Crippen LogP contribution in [0, 0.1) is 0 Å². The summed E-state index contributed by atoms with van der Waals surface area (Å²) < 4.78 is 21.9. The Morgan fingerprint density at radius 1 is 1.06 bits per heavy atom. The maximum atomic E-state index is 12.6. The summed E-state index contributed by atoms with van der Waals surface area (Å²) >= 11 is 0. The van der Waals surface area contributed by atoms with Crippen LogP contribution in [0.1, 0.15) is 6.92 Å². The summed E-state index contributed by atoms with van der Waals surface area (Å²) in [6, 6.07) is 9.52. The summed E-state index contributed by atoms with van der Waals surface area (Å²) in [5.41, 5.74) is -0.0697. The van der Waals surface area contributed by atoms with Crippen molar-refractivity contribution in [1.29, 1.82) is 0 Å². The molecule has 0 aliphatic carbocycles. The van der Waals surface area contributed by atoms with Crippen molar-refractivity contribution in [2.24, 2.45) is 0 Å². The van der Waals surface area contributed by atoms with E-state index in [9.17, 15) is 35.1 Å². The first-order valence-corrected chi connectivity index (χ1v) is 10.2. The molecular weight excluding hydrogens is 452 g/mol. The molecule has 180 valence electrons. The zero-order valence-corrected chi connectivity index (χ0v) is 17.8. The summed E-state index contributed by atoms with van der Waals surface area (Å²) in [6.45, 7) is 0.439. The lowest BCUT2D eigenvalue weighted by Gasteiger charge is -2.41. The molecule has 3 aromatic rings. The molecule has 1 aliphatic heterocycles. The number of aromatic hydroxyl groups is 2. The van der Waals surface area contributed by atoms with Crippen molar-refractivity contribution >= 4 is 16.9 Å². The van der Waals surface area contributed by atoms with E-state index in [0.29, 0.717) is 5.56 Å². The number of fused-ring (bicyclic) bond motifs is 1. The molecule has 2 unspecified atom stereocenters. The molecule has 4 rings (SSSR count). The van der Waals surface area contributed by atoms with Gasteiger partial charge < -0.3 is 44.2 Å². The Kier molecular flexibility index (Phi) is 6.44. The van der Waals surface area contributed by atoms with E-state index in [1.54, 1.807) is 12.1 Å². The zero-order valence-electron chi connectivity index (χ0n) is 17.8. The third-order valence-corrected chi connectivity index (χ3v) is 5.31.